The van der Waals surface area contributed by atoms with E-state index in [1.165, 1.54) is 153 Å². The van der Waals surface area contributed by atoms with E-state index in [9.17, 15) is 5.11 Å². The van der Waals surface area contributed by atoms with Gasteiger partial charge in [0.15, 0.2) is 0 Å². The second-order valence-corrected chi connectivity index (χ2v) is 12.9. The highest BCUT2D eigenvalue weighted by molar-refractivity contribution is 5.06. The summed E-state index contributed by atoms with van der Waals surface area (Å²) in [6, 6.07) is 0. The zero-order valence-electron chi connectivity index (χ0n) is 21.7. The zero-order valence-corrected chi connectivity index (χ0v) is 21.7. The van der Waals surface area contributed by atoms with Crippen molar-refractivity contribution in [1.82, 2.24) is 0 Å². The van der Waals surface area contributed by atoms with Crippen LogP contribution in [0.25, 0.3) is 0 Å². The van der Waals surface area contributed by atoms with E-state index >= 15 is 0 Å². The Morgan fingerprint density at radius 1 is 0.625 bits per heavy atom. The van der Waals surface area contributed by atoms with Gasteiger partial charge in [-0.25, -0.2) is 0 Å². The summed E-state index contributed by atoms with van der Waals surface area (Å²) in [6.07, 6.45) is 28.1. The molecule has 5 rings (SSSR count). The van der Waals surface area contributed by atoms with Crippen LogP contribution in [0.2, 0.25) is 0 Å². The van der Waals surface area contributed by atoms with E-state index in [2.05, 4.69) is 6.92 Å². The molecule has 4 aliphatic carbocycles. The fourth-order valence-electron chi connectivity index (χ4n) is 8.78. The molecule has 0 radical (unpaired) electrons. The first-order chi connectivity index (χ1) is 15.6. The average Bonchev–Trinajstić information content (AvgIpc) is 2.79. The standard InChI is InChI=1S/C30H56NO/c1-2-3-4-5-6-7-8-9-10-12-17-31(18-13-11-14-19-31)20-15-16-30(32)28-22-26-21-27(24-28)25-29(30)23-26/h26-29,32H,2-25H2,1H3/q+1. The van der Waals surface area contributed by atoms with Crippen LogP contribution in [0, 0.1) is 23.7 Å². The highest BCUT2D eigenvalue weighted by atomic mass is 16.3. The highest BCUT2D eigenvalue weighted by Crippen LogP contribution is 2.59. The summed E-state index contributed by atoms with van der Waals surface area (Å²) < 4.78 is 1.40. The molecule has 4 bridgehead atoms. The Morgan fingerprint density at radius 3 is 1.69 bits per heavy atom. The lowest BCUT2D eigenvalue weighted by Gasteiger charge is -2.59. The lowest BCUT2D eigenvalue weighted by Crippen LogP contribution is -2.58. The van der Waals surface area contributed by atoms with Crippen molar-refractivity contribution in [2.24, 2.45) is 23.7 Å². The molecule has 5 aliphatic rings. The number of nitrogens with zero attached hydrogens (tertiary/aromatic N) is 1. The van der Waals surface area contributed by atoms with Crippen molar-refractivity contribution in [2.75, 3.05) is 26.2 Å². The van der Waals surface area contributed by atoms with Crippen LogP contribution in [-0.2, 0) is 0 Å². The second kappa shape index (κ2) is 12.1. The van der Waals surface area contributed by atoms with E-state index in [1.807, 2.05) is 0 Å². The van der Waals surface area contributed by atoms with Gasteiger partial charge in [0.2, 0.25) is 0 Å². The van der Waals surface area contributed by atoms with E-state index < -0.39 is 0 Å². The van der Waals surface area contributed by atoms with Gasteiger partial charge in [-0.2, -0.15) is 0 Å². The van der Waals surface area contributed by atoms with Crippen LogP contribution in [0.1, 0.15) is 135 Å². The van der Waals surface area contributed by atoms with Crippen LogP contribution in [0.3, 0.4) is 0 Å². The first-order valence-electron chi connectivity index (χ1n) is 15.2. The molecule has 0 aromatic heterocycles. The van der Waals surface area contributed by atoms with Gasteiger partial charge >= 0.3 is 0 Å². The van der Waals surface area contributed by atoms with Gasteiger partial charge in [-0.05, 0) is 101 Å². The molecular formula is C30H56NO+. The van der Waals surface area contributed by atoms with Gasteiger partial charge in [-0.15, -0.1) is 0 Å². The van der Waals surface area contributed by atoms with Crippen molar-refractivity contribution in [1.29, 1.82) is 0 Å². The van der Waals surface area contributed by atoms with Crippen LogP contribution < -0.4 is 0 Å². The fourth-order valence-corrected chi connectivity index (χ4v) is 8.78. The third-order valence-electron chi connectivity index (χ3n) is 10.5. The van der Waals surface area contributed by atoms with Gasteiger partial charge in [0.25, 0.3) is 0 Å². The normalized spacial score (nSPS) is 35.4. The summed E-state index contributed by atoms with van der Waals surface area (Å²) in [5.41, 5.74) is -0.287. The van der Waals surface area contributed by atoms with Gasteiger partial charge in [-0.3, -0.25) is 0 Å². The maximum atomic E-state index is 11.8. The van der Waals surface area contributed by atoms with Crippen molar-refractivity contribution < 1.29 is 9.59 Å². The minimum Gasteiger partial charge on any atom is -0.389 e. The van der Waals surface area contributed by atoms with Crippen molar-refractivity contribution in [3.63, 3.8) is 0 Å². The van der Waals surface area contributed by atoms with Gasteiger partial charge in [0.05, 0.1) is 31.8 Å². The quantitative estimate of drug-likeness (QED) is 0.200. The number of hydrogen-bond donors (Lipinski definition) is 1. The number of rotatable bonds is 15. The van der Waals surface area contributed by atoms with Crippen LogP contribution >= 0.6 is 0 Å². The third kappa shape index (κ3) is 6.32. The van der Waals surface area contributed by atoms with E-state index in [1.54, 1.807) is 0 Å². The van der Waals surface area contributed by atoms with Crippen LogP contribution in [0.4, 0.5) is 0 Å². The molecule has 5 fully saturated rings. The Kier molecular flexibility index (Phi) is 9.43. The average molecular weight is 447 g/mol. The predicted molar refractivity (Wildman–Crippen MR) is 137 cm³/mol. The molecule has 186 valence electrons. The summed E-state index contributed by atoms with van der Waals surface area (Å²) in [5.74, 6) is 3.23. The molecule has 0 atom stereocenters. The topological polar surface area (TPSA) is 20.2 Å². The van der Waals surface area contributed by atoms with Crippen molar-refractivity contribution >= 4 is 0 Å². The second-order valence-electron chi connectivity index (χ2n) is 12.9. The molecular weight excluding hydrogens is 390 g/mol. The smallest absolute Gasteiger partial charge is 0.0787 e. The molecule has 0 aromatic rings. The van der Waals surface area contributed by atoms with Crippen LogP contribution in [-0.4, -0.2) is 41.4 Å². The van der Waals surface area contributed by atoms with Gasteiger partial charge in [0.1, 0.15) is 0 Å². The highest BCUT2D eigenvalue weighted by Gasteiger charge is 2.56. The first kappa shape index (κ1) is 25.0. The van der Waals surface area contributed by atoms with E-state index in [0.29, 0.717) is 11.8 Å². The molecule has 1 saturated heterocycles. The fraction of sp³-hybridized carbons (Fsp3) is 1.00. The zero-order chi connectivity index (χ0) is 22.3. The lowest BCUT2D eigenvalue weighted by atomic mass is 9.49. The van der Waals surface area contributed by atoms with Gasteiger partial charge < -0.3 is 9.59 Å². The Bertz CT molecular complexity index is 509. The molecule has 2 nitrogen and oxygen atoms in total. The Hall–Kier alpha value is -0.0800. The molecule has 1 heterocycles. The summed E-state index contributed by atoms with van der Waals surface area (Å²) >= 11 is 0. The number of likely N-dealkylation sites (tertiary alicyclic amines) is 1. The molecule has 2 heteroatoms. The number of hydrogen-bond acceptors (Lipinski definition) is 1. The maximum Gasteiger partial charge on any atom is 0.0787 e. The van der Waals surface area contributed by atoms with Gasteiger partial charge in [-0.1, -0.05) is 58.3 Å². The maximum absolute atomic E-state index is 11.8. The molecule has 0 unspecified atom stereocenters. The summed E-state index contributed by atoms with van der Waals surface area (Å²) in [4.78, 5) is 0. The van der Waals surface area contributed by atoms with Crippen molar-refractivity contribution in [3.05, 3.63) is 0 Å². The van der Waals surface area contributed by atoms with E-state index in [4.69, 9.17) is 0 Å². The van der Waals surface area contributed by atoms with Crippen molar-refractivity contribution in [3.8, 4) is 0 Å². The monoisotopic (exact) mass is 446 g/mol. The lowest BCUT2D eigenvalue weighted by molar-refractivity contribution is -0.933. The van der Waals surface area contributed by atoms with E-state index in [0.717, 1.165) is 18.3 Å². The number of aliphatic hydroxyl groups is 1. The number of quaternary nitrogens is 1. The molecule has 0 spiro atoms. The number of piperidine rings is 1. The molecule has 1 aliphatic heterocycles. The minimum absolute atomic E-state index is 0.287. The Labute approximate surface area is 200 Å². The Balaban J connectivity index is 1.15. The molecule has 0 amide bonds. The summed E-state index contributed by atoms with van der Waals surface area (Å²) in [5, 5.41) is 11.8. The van der Waals surface area contributed by atoms with Crippen LogP contribution in [0.5, 0.6) is 0 Å². The SMILES string of the molecule is CCCCCCCCCCCC[N+]1(CCCC2(O)C3CC4CC(C3)CC2C4)CCCCC1. The predicted octanol–water partition coefficient (Wildman–Crippen LogP) is 7.88. The molecule has 32 heavy (non-hydrogen) atoms. The Morgan fingerprint density at radius 2 is 1.12 bits per heavy atom. The van der Waals surface area contributed by atoms with Gasteiger partial charge in [0, 0.05) is 0 Å². The van der Waals surface area contributed by atoms with Crippen LogP contribution in [0.15, 0.2) is 0 Å². The summed E-state index contributed by atoms with van der Waals surface area (Å²) in [7, 11) is 0. The molecule has 1 N–H and O–H groups in total. The minimum atomic E-state index is -0.287. The third-order valence-corrected chi connectivity index (χ3v) is 10.5. The largest absolute Gasteiger partial charge is 0.389 e. The van der Waals surface area contributed by atoms with E-state index in [-0.39, 0.29) is 5.60 Å². The molecule has 4 saturated carbocycles. The van der Waals surface area contributed by atoms with Crippen molar-refractivity contribution in [2.45, 2.75) is 141 Å². The first-order valence-corrected chi connectivity index (χ1v) is 15.2. The number of unbranched alkanes of at least 4 members (excludes halogenated alkanes) is 9. The summed E-state index contributed by atoms with van der Waals surface area (Å²) in [6.45, 7) is 7.93. The molecule has 0 aromatic carbocycles.